The molecule has 0 N–H and O–H groups in total. The third-order valence-electron chi connectivity index (χ3n) is 2.63. The number of carbonyl (C=O) groups is 1. The van der Waals surface area contributed by atoms with Crippen molar-refractivity contribution in [3.8, 4) is 11.7 Å². The van der Waals surface area contributed by atoms with Crippen LogP contribution < -0.4 is 4.74 Å². The Morgan fingerprint density at radius 1 is 1.11 bits per heavy atom. The fraction of sp³-hybridized carbons (Fsp3) is 0.0714. The van der Waals surface area contributed by atoms with Gasteiger partial charge in [-0.15, -0.1) is 0 Å². The molecule has 4 heteroatoms. The first-order chi connectivity index (χ1) is 8.70. The maximum atomic E-state index is 12.7. The van der Waals surface area contributed by atoms with E-state index in [9.17, 15) is 9.18 Å². The highest BCUT2D eigenvalue weighted by Crippen LogP contribution is 2.32. The fourth-order valence-corrected chi connectivity index (χ4v) is 1.68. The van der Waals surface area contributed by atoms with Gasteiger partial charge in [-0.25, -0.2) is 4.39 Å². The van der Waals surface area contributed by atoms with Crippen molar-refractivity contribution in [1.29, 1.82) is 0 Å². The highest BCUT2D eigenvalue weighted by atomic mass is 19.1. The Morgan fingerprint density at radius 3 is 2.50 bits per heavy atom. The molecule has 0 aliphatic heterocycles. The van der Waals surface area contributed by atoms with Crippen LogP contribution in [0.3, 0.4) is 0 Å². The summed E-state index contributed by atoms with van der Waals surface area (Å²) in [6, 6.07) is 9.07. The first-order valence-electron chi connectivity index (χ1n) is 5.48. The molecule has 0 bridgehead atoms. The third-order valence-corrected chi connectivity index (χ3v) is 2.63. The van der Waals surface area contributed by atoms with Gasteiger partial charge in [0.05, 0.1) is 0 Å². The van der Waals surface area contributed by atoms with Gasteiger partial charge in [0.2, 0.25) is 0 Å². The Bertz CT molecular complexity index is 623. The molecular weight excluding hydrogens is 235 g/mol. The molecule has 2 aromatic rings. The summed E-state index contributed by atoms with van der Waals surface area (Å²) in [5.74, 6) is 1.22. The number of ketones is 1. The first-order valence-corrected chi connectivity index (χ1v) is 5.48. The van der Waals surface area contributed by atoms with Gasteiger partial charge in [0, 0.05) is 18.1 Å². The lowest BCUT2D eigenvalue weighted by molar-refractivity contribution is -0.114. The molecule has 90 valence electrons. The van der Waals surface area contributed by atoms with Gasteiger partial charge in [-0.05, 0) is 36.4 Å². The average molecular weight is 244 g/mol. The highest BCUT2D eigenvalue weighted by Gasteiger charge is 2.20. The summed E-state index contributed by atoms with van der Waals surface area (Å²) < 4.78 is 23.6. The van der Waals surface area contributed by atoms with E-state index >= 15 is 0 Å². The molecule has 1 heterocycles. The monoisotopic (exact) mass is 244 g/mol. The van der Waals surface area contributed by atoms with Crippen LogP contribution in [0.15, 0.2) is 46.9 Å². The Hall–Kier alpha value is -2.36. The molecular formula is C14H9FO3. The lowest BCUT2D eigenvalue weighted by Gasteiger charge is -2.09. The fourth-order valence-electron chi connectivity index (χ4n) is 1.68. The number of carbonyl (C=O) groups excluding carboxylic acids is 1. The van der Waals surface area contributed by atoms with E-state index in [1.54, 1.807) is 18.2 Å². The number of hydrogen-bond acceptors (Lipinski definition) is 3. The molecule has 3 nitrogen and oxygen atoms in total. The van der Waals surface area contributed by atoms with Crippen LogP contribution in [-0.2, 0) is 4.79 Å². The van der Waals surface area contributed by atoms with Crippen LogP contribution in [0.25, 0.3) is 5.57 Å². The molecule has 0 spiro atoms. The molecule has 0 saturated heterocycles. The lowest BCUT2D eigenvalue weighted by Crippen LogP contribution is -2.06. The molecule has 3 rings (SSSR count). The topological polar surface area (TPSA) is 39.4 Å². The molecule has 0 radical (unpaired) electrons. The number of allylic oxidation sites excluding steroid dienone is 2. The summed E-state index contributed by atoms with van der Waals surface area (Å²) >= 11 is 0. The van der Waals surface area contributed by atoms with Crippen LogP contribution in [0, 0.1) is 5.82 Å². The predicted molar refractivity (Wildman–Crippen MR) is 62.8 cm³/mol. The third kappa shape index (κ3) is 2.05. The van der Waals surface area contributed by atoms with Gasteiger partial charge in [-0.3, -0.25) is 4.79 Å². The maximum Gasteiger partial charge on any atom is 0.290 e. The van der Waals surface area contributed by atoms with E-state index < -0.39 is 0 Å². The summed E-state index contributed by atoms with van der Waals surface area (Å²) in [4.78, 5) is 10.8. The van der Waals surface area contributed by atoms with Gasteiger partial charge in [0.15, 0.2) is 5.78 Å². The molecule has 1 aromatic carbocycles. The summed E-state index contributed by atoms with van der Waals surface area (Å²) in [6.07, 6.45) is 1.95. The highest BCUT2D eigenvalue weighted by molar-refractivity contribution is 6.11. The van der Waals surface area contributed by atoms with Gasteiger partial charge < -0.3 is 9.15 Å². The predicted octanol–water partition coefficient (Wildman–Crippen LogP) is 3.57. The quantitative estimate of drug-likeness (QED) is 0.828. The van der Waals surface area contributed by atoms with Crippen molar-refractivity contribution < 1.29 is 18.3 Å². The second-order valence-corrected chi connectivity index (χ2v) is 3.99. The first kappa shape index (κ1) is 10.8. The molecule has 0 fully saturated rings. The Morgan fingerprint density at radius 2 is 1.83 bits per heavy atom. The summed E-state index contributed by atoms with van der Waals surface area (Å²) in [6.45, 7) is 0. The van der Waals surface area contributed by atoms with Crippen LogP contribution >= 0.6 is 0 Å². The molecule has 1 aliphatic carbocycles. The van der Waals surface area contributed by atoms with E-state index in [2.05, 4.69) is 0 Å². The van der Waals surface area contributed by atoms with E-state index in [-0.39, 0.29) is 11.6 Å². The normalized spacial score (nSPS) is 14.1. The van der Waals surface area contributed by atoms with Crippen molar-refractivity contribution in [3.05, 3.63) is 54.1 Å². The van der Waals surface area contributed by atoms with Gasteiger partial charge >= 0.3 is 0 Å². The van der Waals surface area contributed by atoms with Crippen molar-refractivity contribution in [2.24, 2.45) is 0 Å². The molecule has 1 aromatic heterocycles. The number of benzene rings is 1. The SMILES string of the molecule is O=C1C=C(c2ccc(Oc3ccc(F)cc3)o2)C1. The minimum absolute atomic E-state index is 0.0994. The van der Waals surface area contributed by atoms with Gasteiger partial charge in [0.25, 0.3) is 5.95 Å². The second kappa shape index (κ2) is 4.14. The van der Waals surface area contributed by atoms with E-state index in [1.165, 1.54) is 24.3 Å². The minimum atomic E-state index is -0.319. The molecule has 0 atom stereocenters. The number of rotatable bonds is 3. The van der Waals surface area contributed by atoms with Crippen LogP contribution in [0.1, 0.15) is 12.2 Å². The van der Waals surface area contributed by atoms with Crippen LogP contribution in [-0.4, -0.2) is 5.78 Å². The van der Waals surface area contributed by atoms with E-state index in [0.29, 0.717) is 23.9 Å². The van der Waals surface area contributed by atoms with Crippen molar-refractivity contribution in [3.63, 3.8) is 0 Å². The number of furan rings is 1. The van der Waals surface area contributed by atoms with Crippen molar-refractivity contribution in [1.82, 2.24) is 0 Å². The van der Waals surface area contributed by atoms with E-state index in [1.807, 2.05) is 0 Å². The maximum absolute atomic E-state index is 12.7. The van der Waals surface area contributed by atoms with E-state index in [0.717, 1.165) is 5.57 Å². The largest absolute Gasteiger partial charge is 0.426 e. The zero-order chi connectivity index (χ0) is 12.5. The molecule has 18 heavy (non-hydrogen) atoms. The second-order valence-electron chi connectivity index (χ2n) is 3.99. The molecule has 0 amide bonds. The van der Waals surface area contributed by atoms with Gasteiger partial charge in [-0.1, -0.05) is 0 Å². The lowest BCUT2D eigenvalue weighted by atomic mass is 9.96. The van der Waals surface area contributed by atoms with Gasteiger partial charge in [-0.2, -0.15) is 0 Å². The van der Waals surface area contributed by atoms with Crippen LogP contribution in [0.2, 0.25) is 0 Å². The number of halogens is 1. The molecule has 0 unspecified atom stereocenters. The van der Waals surface area contributed by atoms with Crippen LogP contribution in [0.5, 0.6) is 11.7 Å². The summed E-state index contributed by atoms with van der Waals surface area (Å²) in [5, 5.41) is 0. The van der Waals surface area contributed by atoms with Crippen molar-refractivity contribution in [2.45, 2.75) is 6.42 Å². The minimum Gasteiger partial charge on any atom is -0.426 e. The zero-order valence-corrected chi connectivity index (χ0v) is 9.35. The van der Waals surface area contributed by atoms with Crippen molar-refractivity contribution in [2.75, 3.05) is 0 Å². The van der Waals surface area contributed by atoms with Crippen molar-refractivity contribution >= 4 is 11.4 Å². The Labute approximate surface area is 102 Å². The Kier molecular flexibility index (Phi) is 2.48. The summed E-state index contributed by atoms with van der Waals surface area (Å²) in [7, 11) is 0. The number of hydrogen-bond donors (Lipinski definition) is 0. The average Bonchev–Trinajstić information content (AvgIpc) is 2.76. The molecule has 0 saturated carbocycles. The van der Waals surface area contributed by atoms with Crippen LogP contribution in [0.4, 0.5) is 4.39 Å². The standard InChI is InChI=1S/C14H9FO3/c15-10-1-3-12(4-2-10)17-14-6-5-13(18-14)9-7-11(16)8-9/h1-7H,8H2. The number of ether oxygens (including phenoxy) is 1. The summed E-state index contributed by atoms with van der Waals surface area (Å²) in [5.41, 5.74) is 0.869. The zero-order valence-electron chi connectivity index (χ0n) is 9.35. The van der Waals surface area contributed by atoms with E-state index in [4.69, 9.17) is 9.15 Å². The Balaban J connectivity index is 1.76. The smallest absolute Gasteiger partial charge is 0.290 e. The van der Waals surface area contributed by atoms with Gasteiger partial charge in [0.1, 0.15) is 17.3 Å². The molecule has 1 aliphatic rings.